The molecule has 0 aliphatic heterocycles. The number of benzene rings is 12. The van der Waals surface area contributed by atoms with Gasteiger partial charge in [-0.3, -0.25) is 0 Å². The van der Waals surface area contributed by atoms with E-state index in [0.29, 0.717) is 0 Å². The number of hydrogen-bond acceptors (Lipinski definition) is 0. The minimum Gasteiger partial charge on any atom is -0.0619 e. The maximum Gasteiger partial charge on any atom is 0.0731 e. The van der Waals surface area contributed by atoms with E-state index in [9.17, 15) is 0 Å². The molecular formula is C63H38. The Morgan fingerprint density at radius 1 is 0.222 bits per heavy atom. The van der Waals surface area contributed by atoms with Crippen LogP contribution in [0.25, 0.3) is 109 Å². The topological polar surface area (TPSA) is 0 Å². The van der Waals surface area contributed by atoms with Gasteiger partial charge in [-0.2, -0.15) is 0 Å². The Balaban J connectivity index is 0.972. The summed E-state index contributed by atoms with van der Waals surface area (Å²) in [7, 11) is 0. The fourth-order valence-corrected chi connectivity index (χ4v) is 11.9. The quantitative estimate of drug-likeness (QED) is 0.156. The highest BCUT2D eigenvalue weighted by atomic mass is 14.5. The normalized spacial score (nSPS) is 13.2. The van der Waals surface area contributed by atoms with Gasteiger partial charge in [0.1, 0.15) is 0 Å². The van der Waals surface area contributed by atoms with Gasteiger partial charge in [0.05, 0.1) is 5.41 Å². The zero-order valence-electron chi connectivity index (χ0n) is 34.4. The lowest BCUT2D eigenvalue weighted by Gasteiger charge is -2.31. The van der Waals surface area contributed by atoms with Gasteiger partial charge in [-0.25, -0.2) is 0 Å². The van der Waals surface area contributed by atoms with E-state index in [1.54, 1.807) is 0 Å². The van der Waals surface area contributed by atoms with Gasteiger partial charge < -0.3 is 0 Å². The van der Waals surface area contributed by atoms with Gasteiger partial charge in [0.25, 0.3) is 0 Å². The summed E-state index contributed by atoms with van der Waals surface area (Å²) in [5, 5.41) is 12.7. The third-order valence-electron chi connectivity index (χ3n) is 14.4. The molecule has 12 aromatic carbocycles. The van der Waals surface area contributed by atoms with Crippen LogP contribution in [0.2, 0.25) is 0 Å². The van der Waals surface area contributed by atoms with Crippen LogP contribution in [-0.4, -0.2) is 0 Å². The van der Waals surface area contributed by atoms with Crippen molar-refractivity contribution in [2.45, 2.75) is 5.41 Å². The molecule has 0 saturated heterocycles. The monoisotopic (exact) mass is 794 g/mol. The second-order valence-corrected chi connectivity index (χ2v) is 17.5. The minimum atomic E-state index is -0.427. The molecule has 0 atom stereocenters. The predicted molar refractivity (Wildman–Crippen MR) is 267 cm³/mol. The van der Waals surface area contributed by atoms with Gasteiger partial charge in [-0.05, 0) is 150 Å². The highest BCUT2D eigenvalue weighted by Gasteiger charge is 2.52. The molecule has 2 aliphatic rings. The van der Waals surface area contributed by atoms with Gasteiger partial charge >= 0.3 is 0 Å². The third-order valence-corrected chi connectivity index (χ3v) is 14.4. The summed E-state index contributed by atoms with van der Waals surface area (Å²) in [6.45, 7) is 0. The van der Waals surface area contributed by atoms with E-state index >= 15 is 0 Å². The zero-order valence-corrected chi connectivity index (χ0v) is 34.4. The highest BCUT2D eigenvalue weighted by molar-refractivity contribution is 6.22. The summed E-state index contributed by atoms with van der Waals surface area (Å²) in [4.78, 5) is 0. The molecule has 0 saturated carbocycles. The molecule has 0 fully saturated rings. The maximum atomic E-state index is 2.43. The first-order valence-electron chi connectivity index (χ1n) is 22.1. The molecule has 0 radical (unpaired) electrons. The Labute approximate surface area is 366 Å². The van der Waals surface area contributed by atoms with Crippen molar-refractivity contribution < 1.29 is 0 Å². The van der Waals surface area contributed by atoms with Gasteiger partial charge in [0, 0.05) is 0 Å². The van der Waals surface area contributed by atoms with E-state index in [2.05, 4.69) is 231 Å². The van der Waals surface area contributed by atoms with Crippen molar-refractivity contribution in [2.75, 3.05) is 0 Å². The van der Waals surface area contributed by atoms with E-state index in [-0.39, 0.29) is 0 Å². The van der Waals surface area contributed by atoms with Crippen molar-refractivity contribution in [1.82, 2.24) is 0 Å². The Bertz CT molecular complexity index is 3820. The second-order valence-electron chi connectivity index (χ2n) is 17.5. The smallest absolute Gasteiger partial charge is 0.0619 e. The summed E-state index contributed by atoms with van der Waals surface area (Å²) >= 11 is 0. The summed E-state index contributed by atoms with van der Waals surface area (Å²) in [6, 6.07) is 86.6. The molecule has 0 unspecified atom stereocenters. The first kappa shape index (κ1) is 34.6. The minimum absolute atomic E-state index is 0.427. The van der Waals surface area contributed by atoms with Crippen molar-refractivity contribution in [1.29, 1.82) is 0 Å². The highest BCUT2D eigenvalue weighted by Crippen LogP contribution is 2.65. The molecule has 0 nitrogen and oxygen atoms in total. The Hall–Kier alpha value is -8.06. The van der Waals surface area contributed by atoms with Crippen LogP contribution >= 0.6 is 0 Å². The van der Waals surface area contributed by atoms with E-state index in [1.807, 2.05) is 0 Å². The van der Waals surface area contributed by atoms with E-state index in [4.69, 9.17) is 0 Å². The van der Waals surface area contributed by atoms with E-state index in [0.717, 1.165) is 0 Å². The first-order chi connectivity index (χ1) is 31.3. The van der Waals surface area contributed by atoms with E-state index in [1.165, 1.54) is 132 Å². The standard InChI is InChI=1S/C63H38/c1-2-16-41-37-46(29-28-39(41)14-1)60-53-24-7-5-22-51(53)59(52-23-6-8-25-54(52)60)45-18-13-17-42(38-45)43-30-33-48-44(36-43)31-34-55-61-47-19-4-3-15-40(47)32-35-58(61)63(62(48)55)56-26-11-9-20-49(56)50-21-10-12-27-57(50)63/h1-38H. The molecule has 0 amide bonds. The third kappa shape index (κ3) is 4.70. The van der Waals surface area contributed by atoms with Crippen LogP contribution in [0.1, 0.15) is 22.3 Å². The fourth-order valence-electron chi connectivity index (χ4n) is 11.9. The van der Waals surface area contributed by atoms with Crippen LogP contribution in [0.5, 0.6) is 0 Å². The van der Waals surface area contributed by atoms with Crippen LogP contribution in [0.4, 0.5) is 0 Å². The molecule has 0 aromatic heterocycles. The SMILES string of the molecule is c1cc(-c2ccc3c4c(ccc3c2)-c2c(ccc3ccccc23)C42c3ccccc3-c3ccccc32)cc(-c2c3ccccc3c(-c3ccc4ccccc4c3)c3ccccc23)c1. The van der Waals surface area contributed by atoms with Crippen LogP contribution in [0.15, 0.2) is 231 Å². The van der Waals surface area contributed by atoms with Crippen molar-refractivity contribution in [3.05, 3.63) is 253 Å². The molecule has 0 N–H and O–H groups in total. The molecule has 63 heavy (non-hydrogen) atoms. The summed E-state index contributed by atoms with van der Waals surface area (Å²) in [5.74, 6) is 0. The Morgan fingerprint density at radius 2 is 0.714 bits per heavy atom. The van der Waals surface area contributed by atoms with Gasteiger partial charge in [0.15, 0.2) is 0 Å². The molecular weight excluding hydrogens is 757 g/mol. The van der Waals surface area contributed by atoms with Crippen LogP contribution in [0, 0.1) is 0 Å². The fraction of sp³-hybridized carbons (Fsp3) is 0.0159. The summed E-state index contributed by atoms with van der Waals surface area (Å²) in [5.41, 5.74) is 17.9. The van der Waals surface area contributed by atoms with Crippen molar-refractivity contribution >= 4 is 53.9 Å². The predicted octanol–water partition coefficient (Wildman–Crippen LogP) is 16.8. The van der Waals surface area contributed by atoms with E-state index < -0.39 is 5.41 Å². The number of rotatable bonds is 3. The molecule has 2 aliphatic carbocycles. The van der Waals surface area contributed by atoms with Crippen LogP contribution in [-0.2, 0) is 5.41 Å². The van der Waals surface area contributed by atoms with Crippen molar-refractivity contribution in [2.24, 2.45) is 0 Å². The van der Waals surface area contributed by atoms with Crippen LogP contribution in [0.3, 0.4) is 0 Å². The average molecular weight is 795 g/mol. The van der Waals surface area contributed by atoms with Crippen LogP contribution < -0.4 is 0 Å². The molecule has 12 aromatic rings. The number of hydrogen-bond donors (Lipinski definition) is 0. The molecule has 0 heterocycles. The second kappa shape index (κ2) is 13.0. The Kier molecular flexibility index (Phi) is 7.13. The maximum absolute atomic E-state index is 2.43. The van der Waals surface area contributed by atoms with Gasteiger partial charge in [0.2, 0.25) is 0 Å². The molecule has 0 heteroatoms. The summed E-state index contributed by atoms with van der Waals surface area (Å²) in [6.07, 6.45) is 0. The Morgan fingerprint density at radius 3 is 1.41 bits per heavy atom. The number of fused-ring (bicyclic) bond motifs is 17. The summed E-state index contributed by atoms with van der Waals surface area (Å²) < 4.78 is 0. The molecule has 0 bridgehead atoms. The first-order valence-corrected chi connectivity index (χ1v) is 22.1. The van der Waals surface area contributed by atoms with Crippen molar-refractivity contribution in [3.63, 3.8) is 0 Å². The molecule has 1 spiro atoms. The largest absolute Gasteiger partial charge is 0.0731 e. The average Bonchev–Trinajstić information content (AvgIpc) is 3.83. The lowest BCUT2D eigenvalue weighted by atomic mass is 9.69. The lowest BCUT2D eigenvalue weighted by molar-refractivity contribution is 0.802. The van der Waals surface area contributed by atoms with Crippen molar-refractivity contribution in [3.8, 4) is 55.6 Å². The molecule has 290 valence electrons. The lowest BCUT2D eigenvalue weighted by Crippen LogP contribution is -2.26. The van der Waals surface area contributed by atoms with Gasteiger partial charge in [-0.15, -0.1) is 0 Å². The molecule has 14 rings (SSSR count). The zero-order chi connectivity index (χ0) is 41.2. The van der Waals surface area contributed by atoms with Gasteiger partial charge in [-0.1, -0.05) is 212 Å².